The van der Waals surface area contributed by atoms with Gasteiger partial charge in [0.2, 0.25) is 0 Å². The van der Waals surface area contributed by atoms with Crippen molar-refractivity contribution in [1.82, 2.24) is 5.43 Å². The Morgan fingerprint density at radius 1 is 1.28 bits per heavy atom. The lowest BCUT2D eigenvalue weighted by molar-refractivity contribution is 0.523. The Kier molecular flexibility index (Phi) is 4.78. The Bertz CT molecular complexity index is 510. The smallest absolute Gasteiger partial charge is 0.0931 e. The van der Waals surface area contributed by atoms with Crippen LogP contribution in [0.2, 0.25) is 4.34 Å². The third-order valence-electron chi connectivity index (χ3n) is 3.10. The van der Waals surface area contributed by atoms with E-state index in [1.165, 1.54) is 16.0 Å². The molecule has 1 unspecified atom stereocenters. The van der Waals surface area contributed by atoms with Crippen LogP contribution in [0.1, 0.15) is 28.5 Å². The summed E-state index contributed by atoms with van der Waals surface area (Å²) in [5, 5.41) is 0. The summed E-state index contributed by atoms with van der Waals surface area (Å²) in [7, 11) is 0. The van der Waals surface area contributed by atoms with Crippen molar-refractivity contribution in [2.24, 2.45) is 5.84 Å². The van der Waals surface area contributed by atoms with E-state index in [4.69, 9.17) is 17.4 Å². The normalized spacial score (nSPS) is 12.6. The molecule has 0 bridgehead atoms. The molecule has 0 saturated heterocycles. The molecule has 1 aromatic carbocycles. The maximum Gasteiger partial charge on any atom is 0.0931 e. The van der Waals surface area contributed by atoms with Gasteiger partial charge >= 0.3 is 0 Å². The van der Waals surface area contributed by atoms with Crippen LogP contribution in [0, 0.1) is 6.92 Å². The van der Waals surface area contributed by atoms with E-state index in [0.717, 1.165) is 17.2 Å². The zero-order valence-electron chi connectivity index (χ0n) is 10.3. The summed E-state index contributed by atoms with van der Waals surface area (Å²) >= 11 is 7.54. The van der Waals surface area contributed by atoms with Crippen molar-refractivity contribution < 1.29 is 0 Å². The first-order valence-corrected chi connectivity index (χ1v) is 7.16. The van der Waals surface area contributed by atoms with Gasteiger partial charge in [0.1, 0.15) is 0 Å². The van der Waals surface area contributed by atoms with Crippen molar-refractivity contribution in [2.75, 3.05) is 0 Å². The van der Waals surface area contributed by atoms with Crippen molar-refractivity contribution in [2.45, 2.75) is 25.8 Å². The quantitative estimate of drug-likeness (QED) is 0.645. The highest BCUT2D eigenvalue weighted by atomic mass is 35.5. The van der Waals surface area contributed by atoms with Crippen LogP contribution in [0.15, 0.2) is 36.4 Å². The van der Waals surface area contributed by atoms with Crippen molar-refractivity contribution in [1.29, 1.82) is 0 Å². The predicted octanol–water partition coefficient (Wildman–Crippen LogP) is 3.85. The highest BCUT2D eigenvalue weighted by Crippen LogP contribution is 2.29. The number of halogens is 1. The second kappa shape index (κ2) is 6.34. The first-order chi connectivity index (χ1) is 8.70. The number of aryl methyl sites for hydroxylation is 2. The first-order valence-electron chi connectivity index (χ1n) is 5.96. The average molecular weight is 281 g/mol. The van der Waals surface area contributed by atoms with Crippen molar-refractivity contribution in [3.63, 3.8) is 0 Å². The van der Waals surface area contributed by atoms with Gasteiger partial charge in [-0.2, -0.15) is 0 Å². The first kappa shape index (κ1) is 13.6. The van der Waals surface area contributed by atoms with E-state index in [1.807, 2.05) is 12.1 Å². The summed E-state index contributed by atoms with van der Waals surface area (Å²) < 4.78 is 0.807. The molecule has 1 atom stereocenters. The van der Waals surface area contributed by atoms with Crippen LogP contribution in [0.4, 0.5) is 0 Å². The summed E-state index contributed by atoms with van der Waals surface area (Å²) in [6.07, 6.45) is 1.98. The van der Waals surface area contributed by atoms with E-state index in [9.17, 15) is 0 Å². The molecule has 1 heterocycles. The Morgan fingerprint density at radius 3 is 2.67 bits per heavy atom. The summed E-state index contributed by atoms with van der Waals surface area (Å²) in [4.78, 5) is 1.19. The number of benzene rings is 1. The third-order valence-corrected chi connectivity index (χ3v) is 4.45. The Balaban J connectivity index is 2.02. The molecule has 2 aromatic rings. The highest BCUT2D eigenvalue weighted by Gasteiger charge is 2.12. The molecule has 2 rings (SSSR count). The molecule has 1 aromatic heterocycles. The number of hydrazine groups is 1. The van der Waals surface area contributed by atoms with Gasteiger partial charge in [0.15, 0.2) is 0 Å². The number of hydrogen-bond donors (Lipinski definition) is 2. The number of nitrogens with one attached hydrogen (secondary N) is 1. The Morgan fingerprint density at radius 2 is 2.06 bits per heavy atom. The summed E-state index contributed by atoms with van der Waals surface area (Å²) in [5.41, 5.74) is 5.58. The average Bonchev–Trinajstić information content (AvgIpc) is 2.79. The number of nitrogens with two attached hydrogens (primary N) is 1. The molecular weight excluding hydrogens is 264 g/mol. The largest absolute Gasteiger partial charge is 0.271 e. The van der Waals surface area contributed by atoms with Crippen molar-refractivity contribution in [3.05, 3.63) is 56.7 Å². The molecule has 0 aliphatic heterocycles. The molecule has 0 spiro atoms. The van der Waals surface area contributed by atoms with Gasteiger partial charge in [-0.15, -0.1) is 11.3 Å². The Labute approximate surface area is 117 Å². The van der Waals surface area contributed by atoms with Gasteiger partial charge in [-0.3, -0.25) is 11.3 Å². The van der Waals surface area contributed by atoms with Gasteiger partial charge in [0, 0.05) is 4.88 Å². The summed E-state index contributed by atoms with van der Waals surface area (Å²) in [6.45, 7) is 2.14. The lowest BCUT2D eigenvalue weighted by Crippen LogP contribution is -2.27. The topological polar surface area (TPSA) is 38.0 Å². The fourth-order valence-electron chi connectivity index (χ4n) is 2.01. The van der Waals surface area contributed by atoms with Crippen LogP contribution in [0.5, 0.6) is 0 Å². The van der Waals surface area contributed by atoms with Gasteiger partial charge in [-0.1, -0.05) is 35.9 Å². The Hall–Kier alpha value is -0.870. The standard InChI is InChI=1S/C14H17ClN2S/c1-10-4-2-3-5-11(10)6-7-12(17-16)13-8-9-14(15)18-13/h2-5,8-9,12,17H,6-7,16H2,1H3. The van der Waals surface area contributed by atoms with Crippen LogP contribution < -0.4 is 11.3 Å². The molecule has 0 aliphatic rings. The van der Waals surface area contributed by atoms with E-state index in [2.05, 4.69) is 36.6 Å². The van der Waals surface area contributed by atoms with Gasteiger partial charge in [0.25, 0.3) is 0 Å². The van der Waals surface area contributed by atoms with Crippen LogP contribution >= 0.6 is 22.9 Å². The van der Waals surface area contributed by atoms with E-state index in [-0.39, 0.29) is 6.04 Å². The fraction of sp³-hybridized carbons (Fsp3) is 0.286. The molecule has 0 aliphatic carbocycles. The SMILES string of the molecule is Cc1ccccc1CCC(NN)c1ccc(Cl)s1. The monoisotopic (exact) mass is 280 g/mol. The molecule has 2 nitrogen and oxygen atoms in total. The molecule has 0 fully saturated rings. The molecule has 18 heavy (non-hydrogen) atoms. The fourth-order valence-corrected chi connectivity index (χ4v) is 3.17. The van der Waals surface area contributed by atoms with Crippen LogP contribution in [-0.4, -0.2) is 0 Å². The van der Waals surface area contributed by atoms with Crippen molar-refractivity contribution in [3.8, 4) is 0 Å². The molecule has 3 N–H and O–H groups in total. The van der Waals surface area contributed by atoms with E-state index < -0.39 is 0 Å². The highest BCUT2D eigenvalue weighted by molar-refractivity contribution is 7.16. The van der Waals surface area contributed by atoms with Gasteiger partial charge in [-0.05, 0) is 43.0 Å². The van der Waals surface area contributed by atoms with E-state index in [1.54, 1.807) is 11.3 Å². The van der Waals surface area contributed by atoms with Crippen LogP contribution in [0.25, 0.3) is 0 Å². The second-order valence-electron chi connectivity index (χ2n) is 4.33. The second-order valence-corrected chi connectivity index (χ2v) is 6.07. The van der Waals surface area contributed by atoms with Gasteiger partial charge < -0.3 is 0 Å². The molecular formula is C14H17ClN2S. The molecule has 96 valence electrons. The molecule has 4 heteroatoms. The molecule has 0 saturated carbocycles. The van der Waals surface area contributed by atoms with Gasteiger partial charge in [0.05, 0.1) is 10.4 Å². The third kappa shape index (κ3) is 3.33. The number of thiophene rings is 1. The van der Waals surface area contributed by atoms with Crippen LogP contribution in [0.3, 0.4) is 0 Å². The minimum Gasteiger partial charge on any atom is -0.271 e. The van der Waals surface area contributed by atoms with Gasteiger partial charge in [-0.25, -0.2) is 0 Å². The van der Waals surface area contributed by atoms with E-state index >= 15 is 0 Å². The lowest BCUT2D eigenvalue weighted by Gasteiger charge is -2.14. The van der Waals surface area contributed by atoms with E-state index in [0.29, 0.717) is 0 Å². The number of hydrogen-bond acceptors (Lipinski definition) is 3. The summed E-state index contributed by atoms with van der Waals surface area (Å²) in [5.74, 6) is 5.63. The maximum atomic E-state index is 5.95. The maximum absolute atomic E-state index is 5.95. The predicted molar refractivity (Wildman–Crippen MR) is 78.9 cm³/mol. The minimum absolute atomic E-state index is 0.169. The number of rotatable bonds is 5. The van der Waals surface area contributed by atoms with Crippen molar-refractivity contribution >= 4 is 22.9 Å². The van der Waals surface area contributed by atoms with Crippen LogP contribution in [-0.2, 0) is 6.42 Å². The molecule has 0 amide bonds. The zero-order valence-corrected chi connectivity index (χ0v) is 11.9. The zero-order chi connectivity index (χ0) is 13.0. The minimum atomic E-state index is 0.169. The lowest BCUT2D eigenvalue weighted by atomic mass is 10.0. The molecule has 0 radical (unpaired) electrons. The summed E-state index contributed by atoms with van der Waals surface area (Å²) in [6, 6.07) is 12.6.